The van der Waals surface area contributed by atoms with Crippen molar-refractivity contribution in [2.45, 2.75) is 0 Å². The van der Waals surface area contributed by atoms with Gasteiger partial charge < -0.3 is 10.8 Å². The highest BCUT2D eigenvalue weighted by Crippen LogP contribution is 2.35. The van der Waals surface area contributed by atoms with Crippen molar-refractivity contribution in [2.24, 2.45) is 0 Å². The summed E-state index contributed by atoms with van der Waals surface area (Å²) in [6.07, 6.45) is 0. The number of halogens is 2. The summed E-state index contributed by atoms with van der Waals surface area (Å²) < 4.78 is 13.7. The number of carbonyl (C=O) groups is 1. The molecule has 17 heavy (non-hydrogen) atoms. The summed E-state index contributed by atoms with van der Waals surface area (Å²) in [6.45, 7) is 0. The molecule has 3 nitrogen and oxygen atoms in total. The molecule has 0 saturated heterocycles. The lowest BCUT2D eigenvalue weighted by molar-refractivity contribution is 0.0699. The second kappa shape index (κ2) is 4.35. The van der Waals surface area contributed by atoms with E-state index in [1.165, 1.54) is 17.5 Å². The number of carboxylic acid groups (broad SMARTS) is 1. The van der Waals surface area contributed by atoms with Crippen LogP contribution in [0, 0.1) is 5.82 Å². The Kier molecular flexibility index (Phi) is 3.04. The number of thiophene rings is 1. The molecule has 1 aromatic heterocycles. The molecule has 0 atom stereocenters. The molecule has 88 valence electrons. The molecule has 1 aromatic carbocycles. The molecule has 1 heterocycles. The minimum absolute atomic E-state index is 0.0729. The minimum atomic E-state index is -1.17. The maximum atomic E-state index is 13.7. The third-order valence-electron chi connectivity index (χ3n) is 2.25. The second-order valence-corrected chi connectivity index (χ2v) is 4.67. The number of benzene rings is 1. The highest BCUT2D eigenvalue weighted by molar-refractivity contribution is 7.14. The van der Waals surface area contributed by atoms with E-state index in [2.05, 4.69) is 0 Å². The van der Waals surface area contributed by atoms with Crippen LogP contribution >= 0.6 is 22.9 Å². The van der Waals surface area contributed by atoms with E-state index in [-0.39, 0.29) is 26.7 Å². The SMILES string of the molecule is Nc1scc(-c2ccc(Cl)cc2F)c1C(=O)O. The third-order valence-corrected chi connectivity index (χ3v) is 3.30. The largest absolute Gasteiger partial charge is 0.478 e. The summed E-state index contributed by atoms with van der Waals surface area (Å²) in [7, 11) is 0. The fourth-order valence-electron chi connectivity index (χ4n) is 1.50. The van der Waals surface area contributed by atoms with Crippen molar-refractivity contribution >= 4 is 33.9 Å². The van der Waals surface area contributed by atoms with E-state index in [1.807, 2.05) is 0 Å². The van der Waals surface area contributed by atoms with Gasteiger partial charge >= 0.3 is 5.97 Å². The van der Waals surface area contributed by atoms with Crippen LogP contribution in [0.5, 0.6) is 0 Å². The van der Waals surface area contributed by atoms with Crippen molar-refractivity contribution in [3.05, 3.63) is 40.0 Å². The van der Waals surface area contributed by atoms with Gasteiger partial charge in [0, 0.05) is 21.5 Å². The van der Waals surface area contributed by atoms with Crippen molar-refractivity contribution in [1.29, 1.82) is 0 Å². The number of aromatic carboxylic acids is 1. The Morgan fingerprint density at radius 1 is 1.41 bits per heavy atom. The Bertz CT molecular complexity index is 597. The number of carboxylic acids is 1. The van der Waals surface area contributed by atoms with Gasteiger partial charge in [-0.3, -0.25) is 0 Å². The highest BCUT2D eigenvalue weighted by atomic mass is 35.5. The first kappa shape index (κ1) is 11.9. The summed E-state index contributed by atoms with van der Waals surface area (Å²) in [6, 6.07) is 4.07. The van der Waals surface area contributed by atoms with Crippen LogP contribution in [0.2, 0.25) is 5.02 Å². The van der Waals surface area contributed by atoms with Crippen LogP contribution in [0.4, 0.5) is 9.39 Å². The van der Waals surface area contributed by atoms with Gasteiger partial charge in [0.1, 0.15) is 16.4 Å². The van der Waals surface area contributed by atoms with Gasteiger partial charge in [0.15, 0.2) is 0 Å². The summed E-state index contributed by atoms with van der Waals surface area (Å²) in [5.74, 6) is -1.74. The molecule has 0 aliphatic carbocycles. The topological polar surface area (TPSA) is 63.3 Å². The van der Waals surface area contributed by atoms with Crippen molar-refractivity contribution in [3.63, 3.8) is 0 Å². The van der Waals surface area contributed by atoms with Crippen molar-refractivity contribution in [2.75, 3.05) is 5.73 Å². The Labute approximate surface area is 105 Å². The van der Waals surface area contributed by atoms with Crippen LogP contribution in [0.25, 0.3) is 11.1 Å². The quantitative estimate of drug-likeness (QED) is 0.879. The molecule has 0 unspecified atom stereocenters. The van der Waals surface area contributed by atoms with E-state index in [4.69, 9.17) is 22.4 Å². The van der Waals surface area contributed by atoms with Gasteiger partial charge in [-0.05, 0) is 18.2 Å². The monoisotopic (exact) mass is 271 g/mol. The molecule has 0 saturated carbocycles. The molecule has 2 aromatic rings. The van der Waals surface area contributed by atoms with Gasteiger partial charge in [0.2, 0.25) is 0 Å². The maximum Gasteiger partial charge on any atom is 0.339 e. The van der Waals surface area contributed by atoms with E-state index in [0.717, 1.165) is 17.4 Å². The molecule has 0 spiro atoms. The lowest BCUT2D eigenvalue weighted by atomic mass is 10.0. The van der Waals surface area contributed by atoms with E-state index < -0.39 is 11.8 Å². The minimum Gasteiger partial charge on any atom is -0.478 e. The second-order valence-electron chi connectivity index (χ2n) is 3.32. The van der Waals surface area contributed by atoms with Gasteiger partial charge in [-0.25, -0.2) is 9.18 Å². The van der Waals surface area contributed by atoms with Crippen molar-refractivity contribution in [3.8, 4) is 11.1 Å². The van der Waals surface area contributed by atoms with Crippen LogP contribution in [-0.2, 0) is 0 Å². The summed E-state index contributed by atoms with van der Waals surface area (Å²) in [4.78, 5) is 11.0. The molecule has 0 radical (unpaired) electrons. The number of nitrogen functional groups attached to an aromatic ring is 1. The van der Waals surface area contributed by atoms with E-state index in [0.29, 0.717) is 0 Å². The van der Waals surface area contributed by atoms with Gasteiger partial charge in [-0.1, -0.05) is 11.6 Å². The number of hydrogen-bond donors (Lipinski definition) is 2. The van der Waals surface area contributed by atoms with Crippen LogP contribution in [0.15, 0.2) is 23.6 Å². The summed E-state index contributed by atoms with van der Waals surface area (Å²) in [5.41, 5.74) is 5.93. The molecule has 2 rings (SSSR count). The first-order valence-corrected chi connectivity index (χ1v) is 5.82. The average Bonchev–Trinajstić information content (AvgIpc) is 2.60. The lowest BCUT2D eigenvalue weighted by Gasteiger charge is -2.03. The fourth-order valence-corrected chi connectivity index (χ4v) is 2.46. The van der Waals surface area contributed by atoms with E-state index in [1.54, 1.807) is 0 Å². The predicted molar refractivity (Wildman–Crippen MR) is 66.1 cm³/mol. The van der Waals surface area contributed by atoms with Crippen LogP contribution in [-0.4, -0.2) is 11.1 Å². The van der Waals surface area contributed by atoms with Gasteiger partial charge in [0.25, 0.3) is 0 Å². The molecule has 0 fully saturated rings. The van der Waals surface area contributed by atoms with E-state index in [9.17, 15) is 9.18 Å². The zero-order valence-electron chi connectivity index (χ0n) is 8.41. The van der Waals surface area contributed by atoms with Crippen molar-refractivity contribution in [1.82, 2.24) is 0 Å². The summed E-state index contributed by atoms with van der Waals surface area (Å²) >= 11 is 6.70. The van der Waals surface area contributed by atoms with E-state index >= 15 is 0 Å². The first-order valence-electron chi connectivity index (χ1n) is 4.56. The Morgan fingerprint density at radius 3 is 2.71 bits per heavy atom. The van der Waals surface area contributed by atoms with Gasteiger partial charge in [-0.15, -0.1) is 11.3 Å². The number of anilines is 1. The number of hydrogen-bond acceptors (Lipinski definition) is 3. The smallest absolute Gasteiger partial charge is 0.339 e. The number of nitrogens with two attached hydrogens (primary N) is 1. The molecule has 0 aliphatic heterocycles. The zero-order valence-corrected chi connectivity index (χ0v) is 9.98. The maximum absolute atomic E-state index is 13.7. The third kappa shape index (κ3) is 2.11. The zero-order chi connectivity index (χ0) is 12.6. The molecule has 3 N–H and O–H groups in total. The molecule has 0 aliphatic rings. The molecular weight excluding hydrogens is 265 g/mol. The first-order chi connectivity index (χ1) is 8.00. The van der Waals surface area contributed by atoms with Crippen molar-refractivity contribution < 1.29 is 14.3 Å². The standard InChI is InChI=1S/C11H7ClFNO2S/c12-5-1-2-6(8(13)3-5)7-4-17-10(14)9(7)11(15)16/h1-4H,14H2,(H,15,16). The fraction of sp³-hybridized carbons (Fsp3) is 0. The highest BCUT2D eigenvalue weighted by Gasteiger charge is 2.19. The summed E-state index contributed by atoms with van der Waals surface area (Å²) in [5, 5.41) is 10.9. The lowest BCUT2D eigenvalue weighted by Crippen LogP contribution is -2.01. The Hall–Kier alpha value is -1.59. The molecule has 0 amide bonds. The Balaban J connectivity index is 2.65. The van der Waals surface area contributed by atoms with Crippen LogP contribution in [0.1, 0.15) is 10.4 Å². The number of rotatable bonds is 2. The molecule has 0 bridgehead atoms. The van der Waals surface area contributed by atoms with Gasteiger partial charge in [-0.2, -0.15) is 0 Å². The van der Waals surface area contributed by atoms with Gasteiger partial charge in [0.05, 0.1) is 0 Å². The van der Waals surface area contributed by atoms with Crippen LogP contribution in [0.3, 0.4) is 0 Å². The Morgan fingerprint density at radius 2 is 2.12 bits per heavy atom. The normalized spacial score (nSPS) is 10.5. The predicted octanol–water partition coefficient (Wildman–Crippen LogP) is 3.49. The molecular formula is C11H7ClFNO2S. The average molecular weight is 272 g/mol. The van der Waals surface area contributed by atoms with Crippen LogP contribution < -0.4 is 5.73 Å². The molecule has 6 heteroatoms.